The van der Waals surface area contributed by atoms with E-state index in [4.69, 9.17) is 22.1 Å². The van der Waals surface area contributed by atoms with Gasteiger partial charge in [0.05, 0.1) is 12.1 Å². The average Bonchev–Trinajstić information content (AvgIpc) is 2.85. The lowest BCUT2D eigenvalue weighted by atomic mass is 10.0. The van der Waals surface area contributed by atoms with E-state index in [1.54, 1.807) is 6.07 Å². The number of ether oxygens (including phenoxy) is 1. The average molecular weight is 214 g/mol. The van der Waals surface area contributed by atoms with Crippen molar-refractivity contribution in [1.29, 1.82) is 0 Å². The van der Waals surface area contributed by atoms with Crippen LogP contribution < -0.4 is 10.5 Å². The fourth-order valence-electron chi connectivity index (χ4n) is 1.50. The molecule has 1 aliphatic carbocycles. The molecule has 1 aromatic carbocycles. The summed E-state index contributed by atoms with van der Waals surface area (Å²) >= 11 is 5.85. The van der Waals surface area contributed by atoms with Gasteiger partial charge in [0.25, 0.3) is 0 Å². The smallest absolute Gasteiger partial charge is 0.138 e. The Morgan fingerprint density at radius 1 is 1.50 bits per heavy atom. The molecule has 3 N–H and O–H groups in total. The lowest BCUT2D eigenvalue weighted by molar-refractivity contribution is 0.409. The molecule has 0 aromatic heterocycles. The first-order valence-corrected chi connectivity index (χ1v) is 4.80. The molecule has 0 heterocycles. The van der Waals surface area contributed by atoms with Crippen molar-refractivity contribution in [2.75, 3.05) is 7.11 Å². The van der Waals surface area contributed by atoms with Gasteiger partial charge in [-0.3, -0.25) is 0 Å². The highest BCUT2D eigenvalue weighted by molar-refractivity contribution is 6.32. The predicted octanol–water partition coefficient (Wildman–Crippen LogP) is 2.00. The van der Waals surface area contributed by atoms with Crippen LogP contribution >= 0.6 is 11.6 Å². The van der Waals surface area contributed by atoms with Crippen molar-refractivity contribution in [3.05, 3.63) is 22.7 Å². The van der Waals surface area contributed by atoms with Gasteiger partial charge in [0.15, 0.2) is 0 Å². The van der Waals surface area contributed by atoms with E-state index in [1.807, 2.05) is 0 Å². The van der Waals surface area contributed by atoms with Gasteiger partial charge in [-0.1, -0.05) is 11.6 Å². The Hall–Kier alpha value is -0.930. The Bertz CT molecular complexity index is 375. The lowest BCUT2D eigenvalue weighted by Crippen LogP contribution is -2.18. The first-order valence-electron chi connectivity index (χ1n) is 4.43. The number of phenols is 1. The van der Waals surface area contributed by atoms with Crippen LogP contribution in [0.5, 0.6) is 11.5 Å². The summed E-state index contributed by atoms with van der Waals surface area (Å²) in [6.45, 7) is 0. The molecule has 0 saturated heterocycles. The van der Waals surface area contributed by atoms with Gasteiger partial charge in [-0.2, -0.15) is 0 Å². The quantitative estimate of drug-likeness (QED) is 0.790. The molecule has 1 saturated carbocycles. The Morgan fingerprint density at radius 3 is 2.64 bits per heavy atom. The maximum atomic E-state index is 9.67. The standard InChI is InChI=1S/C10H12ClNO2/c1-14-9-4-6(10(12)2-3-10)8(13)5-7(9)11/h4-5,13H,2-3,12H2,1H3. The zero-order valence-electron chi connectivity index (χ0n) is 7.88. The zero-order chi connectivity index (χ0) is 10.3. The molecule has 1 aromatic rings. The fraction of sp³-hybridized carbons (Fsp3) is 0.400. The van der Waals surface area contributed by atoms with E-state index in [0.717, 1.165) is 18.4 Å². The van der Waals surface area contributed by atoms with Crippen LogP contribution in [0.2, 0.25) is 5.02 Å². The van der Waals surface area contributed by atoms with E-state index in [1.165, 1.54) is 13.2 Å². The molecule has 0 radical (unpaired) electrons. The predicted molar refractivity (Wildman–Crippen MR) is 54.8 cm³/mol. The van der Waals surface area contributed by atoms with Crippen molar-refractivity contribution in [3.63, 3.8) is 0 Å². The van der Waals surface area contributed by atoms with E-state index in [9.17, 15) is 5.11 Å². The summed E-state index contributed by atoms with van der Waals surface area (Å²) in [5.74, 6) is 0.701. The molecule has 0 unspecified atom stereocenters. The maximum Gasteiger partial charge on any atom is 0.138 e. The minimum absolute atomic E-state index is 0.149. The highest BCUT2D eigenvalue weighted by Crippen LogP contribution is 2.48. The van der Waals surface area contributed by atoms with Crippen LogP contribution in [-0.4, -0.2) is 12.2 Å². The Labute approximate surface area is 87.4 Å². The first-order chi connectivity index (χ1) is 6.57. The van der Waals surface area contributed by atoms with Gasteiger partial charge in [0, 0.05) is 17.2 Å². The molecular formula is C10H12ClNO2. The molecule has 0 bridgehead atoms. The minimum Gasteiger partial charge on any atom is -0.508 e. The fourth-order valence-corrected chi connectivity index (χ4v) is 1.74. The van der Waals surface area contributed by atoms with Gasteiger partial charge in [-0.05, 0) is 18.9 Å². The molecular weight excluding hydrogens is 202 g/mol. The normalized spacial score (nSPS) is 17.9. The topological polar surface area (TPSA) is 55.5 Å². The summed E-state index contributed by atoms with van der Waals surface area (Å²) < 4.78 is 5.06. The summed E-state index contributed by atoms with van der Waals surface area (Å²) in [6.07, 6.45) is 1.79. The highest BCUT2D eigenvalue weighted by Gasteiger charge is 2.42. The molecule has 0 aliphatic heterocycles. The van der Waals surface area contributed by atoms with Crippen molar-refractivity contribution in [3.8, 4) is 11.5 Å². The summed E-state index contributed by atoms with van der Waals surface area (Å²) in [4.78, 5) is 0. The van der Waals surface area contributed by atoms with Crippen LogP contribution in [-0.2, 0) is 5.54 Å². The van der Waals surface area contributed by atoms with E-state index < -0.39 is 0 Å². The van der Waals surface area contributed by atoms with Crippen molar-refractivity contribution in [2.45, 2.75) is 18.4 Å². The third kappa shape index (κ3) is 1.42. The number of rotatable bonds is 2. The second kappa shape index (κ2) is 3.04. The molecule has 1 fully saturated rings. The second-order valence-electron chi connectivity index (χ2n) is 3.66. The number of nitrogens with two attached hydrogens (primary N) is 1. The third-order valence-electron chi connectivity index (χ3n) is 2.60. The van der Waals surface area contributed by atoms with E-state index in [-0.39, 0.29) is 11.3 Å². The zero-order valence-corrected chi connectivity index (χ0v) is 8.64. The molecule has 0 atom stereocenters. The summed E-state index contributed by atoms with van der Waals surface area (Å²) in [6, 6.07) is 3.19. The molecule has 2 rings (SSSR count). The Kier molecular flexibility index (Phi) is 2.09. The number of benzene rings is 1. The van der Waals surface area contributed by atoms with Crippen molar-refractivity contribution in [1.82, 2.24) is 0 Å². The molecule has 1 aliphatic rings. The number of hydrogen-bond acceptors (Lipinski definition) is 3. The van der Waals surface area contributed by atoms with Crippen molar-refractivity contribution >= 4 is 11.6 Å². The number of methoxy groups -OCH3 is 1. The van der Waals surface area contributed by atoms with Crippen LogP contribution in [0.4, 0.5) is 0 Å². The van der Waals surface area contributed by atoms with Gasteiger partial charge in [-0.25, -0.2) is 0 Å². The van der Waals surface area contributed by atoms with Gasteiger partial charge >= 0.3 is 0 Å². The van der Waals surface area contributed by atoms with E-state index in [0.29, 0.717) is 10.8 Å². The maximum absolute atomic E-state index is 9.67. The molecule has 3 nitrogen and oxygen atoms in total. The summed E-state index contributed by atoms with van der Waals surface area (Å²) in [5.41, 5.74) is 6.33. The van der Waals surface area contributed by atoms with Crippen LogP contribution in [0.15, 0.2) is 12.1 Å². The SMILES string of the molecule is COc1cc(C2(N)CC2)c(O)cc1Cl. The first kappa shape index (κ1) is 9.62. The summed E-state index contributed by atoms with van der Waals surface area (Å²) in [7, 11) is 1.54. The van der Waals surface area contributed by atoms with E-state index in [2.05, 4.69) is 0 Å². The van der Waals surface area contributed by atoms with Gasteiger partial charge in [0.2, 0.25) is 0 Å². The van der Waals surface area contributed by atoms with Gasteiger partial charge in [0.1, 0.15) is 11.5 Å². The molecule has 0 amide bonds. The molecule has 14 heavy (non-hydrogen) atoms. The molecule has 4 heteroatoms. The molecule has 0 spiro atoms. The number of halogens is 1. The van der Waals surface area contributed by atoms with E-state index >= 15 is 0 Å². The van der Waals surface area contributed by atoms with Crippen LogP contribution in [0.3, 0.4) is 0 Å². The van der Waals surface area contributed by atoms with Crippen molar-refractivity contribution in [2.24, 2.45) is 5.73 Å². The van der Waals surface area contributed by atoms with Crippen LogP contribution in [0, 0.1) is 0 Å². The number of hydrogen-bond donors (Lipinski definition) is 2. The molecule has 76 valence electrons. The second-order valence-corrected chi connectivity index (χ2v) is 4.07. The van der Waals surface area contributed by atoms with Crippen LogP contribution in [0.25, 0.3) is 0 Å². The van der Waals surface area contributed by atoms with Crippen molar-refractivity contribution < 1.29 is 9.84 Å². The van der Waals surface area contributed by atoms with Crippen LogP contribution in [0.1, 0.15) is 18.4 Å². The Balaban J connectivity index is 2.50. The Morgan fingerprint density at radius 2 is 2.14 bits per heavy atom. The van der Waals surface area contributed by atoms with Gasteiger partial charge in [-0.15, -0.1) is 0 Å². The summed E-state index contributed by atoms with van der Waals surface area (Å²) in [5, 5.41) is 10.1. The number of phenolic OH excluding ortho intramolecular Hbond substituents is 1. The minimum atomic E-state index is -0.373. The third-order valence-corrected chi connectivity index (χ3v) is 2.89. The monoisotopic (exact) mass is 213 g/mol. The lowest BCUT2D eigenvalue weighted by Gasteiger charge is -2.13. The van der Waals surface area contributed by atoms with Gasteiger partial charge < -0.3 is 15.6 Å². The highest BCUT2D eigenvalue weighted by atomic mass is 35.5. The number of aromatic hydroxyl groups is 1. The largest absolute Gasteiger partial charge is 0.508 e.